The topological polar surface area (TPSA) is 79.5 Å². The molecular weight excluding hydrogens is 425 g/mol. The Kier molecular flexibility index (Phi) is 5.97. The maximum absolute atomic E-state index is 14.2. The second-order valence-corrected chi connectivity index (χ2v) is 9.89. The molecule has 2 heterocycles. The first-order chi connectivity index (χ1) is 15.5. The molecule has 5 nitrogen and oxygen atoms in total. The number of thiazole rings is 1. The summed E-state index contributed by atoms with van der Waals surface area (Å²) in [7, 11) is 0. The minimum absolute atomic E-state index is 0.00197. The fraction of sp³-hybridized carbons (Fsp3) is 0.440. The largest absolute Gasteiger partial charge is 0.393 e. The molecule has 1 aliphatic carbocycles. The number of nitrogens with zero attached hydrogens (tertiary/aromatic N) is 2. The summed E-state index contributed by atoms with van der Waals surface area (Å²) >= 11 is 1.55. The van der Waals surface area contributed by atoms with Crippen molar-refractivity contribution >= 4 is 28.0 Å². The molecule has 1 aromatic heterocycles. The Morgan fingerprint density at radius 2 is 1.88 bits per heavy atom. The molecule has 7 heteroatoms. The van der Waals surface area contributed by atoms with E-state index in [0.29, 0.717) is 11.9 Å². The number of likely N-dealkylation sites (tertiary alicyclic amines) is 1. The van der Waals surface area contributed by atoms with Crippen LogP contribution in [0.3, 0.4) is 0 Å². The van der Waals surface area contributed by atoms with Gasteiger partial charge in [-0.2, -0.15) is 0 Å². The number of aromatic nitrogens is 1. The van der Waals surface area contributed by atoms with Crippen LogP contribution in [0.5, 0.6) is 0 Å². The molecule has 2 aromatic carbocycles. The predicted molar refractivity (Wildman–Crippen MR) is 125 cm³/mol. The van der Waals surface area contributed by atoms with Gasteiger partial charge in [0.2, 0.25) is 5.91 Å². The van der Waals surface area contributed by atoms with E-state index in [1.165, 1.54) is 6.07 Å². The standard InChI is InChI=1S/C25H28FN3O2S/c26-20-12-11-19(17-4-1-2-5-18(17)20)21-14-32-24(28-21)22-6-3-13-29(22)25(31)23(27)15-7-9-16(30)10-8-15/h1-2,4-5,11-12,14-16,22-23,30H,3,6-10,13,27H2/t15-,16+,22-,23-/m0/s1. The van der Waals surface area contributed by atoms with E-state index in [-0.39, 0.29) is 29.8 Å². The number of carbonyl (C=O) groups is 1. The lowest BCUT2D eigenvalue weighted by molar-refractivity contribution is -0.135. The van der Waals surface area contributed by atoms with Gasteiger partial charge in [-0.05, 0) is 62.0 Å². The Labute approximate surface area is 191 Å². The minimum Gasteiger partial charge on any atom is -0.393 e. The number of nitrogens with two attached hydrogens (primary N) is 1. The molecule has 0 spiro atoms. The third-order valence-electron chi connectivity index (χ3n) is 7.02. The fourth-order valence-electron chi connectivity index (χ4n) is 5.19. The maximum Gasteiger partial charge on any atom is 0.240 e. The van der Waals surface area contributed by atoms with E-state index in [2.05, 4.69) is 0 Å². The maximum atomic E-state index is 14.2. The third kappa shape index (κ3) is 3.93. The Balaban J connectivity index is 1.38. The number of aliphatic hydroxyl groups is 1. The number of carbonyl (C=O) groups excluding carboxylic acids is 1. The summed E-state index contributed by atoms with van der Waals surface area (Å²) in [6, 6.07) is 10.1. The third-order valence-corrected chi connectivity index (χ3v) is 7.97. The number of aliphatic hydroxyl groups excluding tert-OH is 1. The molecule has 1 amide bonds. The summed E-state index contributed by atoms with van der Waals surface area (Å²) in [4.78, 5) is 20.1. The lowest BCUT2D eigenvalue weighted by atomic mass is 9.82. The fourth-order valence-corrected chi connectivity index (χ4v) is 6.16. The van der Waals surface area contributed by atoms with Gasteiger partial charge in [0.1, 0.15) is 10.8 Å². The van der Waals surface area contributed by atoms with E-state index in [4.69, 9.17) is 10.7 Å². The van der Waals surface area contributed by atoms with Crippen LogP contribution in [0.1, 0.15) is 49.6 Å². The molecular formula is C25H28FN3O2S. The van der Waals surface area contributed by atoms with Gasteiger partial charge in [0.05, 0.1) is 23.9 Å². The van der Waals surface area contributed by atoms with Crippen LogP contribution in [-0.2, 0) is 4.79 Å². The van der Waals surface area contributed by atoms with Gasteiger partial charge in [0, 0.05) is 22.9 Å². The Hall–Kier alpha value is -2.35. The van der Waals surface area contributed by atoms with Crippen molar-refractivity contribution < 1.29 is 14.3 Å². The predicted octanol–water partition coefficient (Wildman–Crippen LogP) is 4.64. The van der Waals surface area contributed by atoms with Crippen molar-refractivity contribution in [2.75, 3.05) is 6.54 Å². The van der Waals surface area contributed by atoms with Crippen molar-refractivity contribution in [1.82, 2.24) is 9.88 Å². The van der Waals surface area contributed by atoms with Crippen LogP contribution in [0.25, 0.3) is 22.0 Å². The summed E-state index contributed by atoms with van der Waals surface area (Å²) in [6.07, 6.45) is 4.58. The molecule has 3 aromatic rings. The van der Waals surface area contributed by atoms with Crippen molar-refractivity contribution in [2.45, 2.75) is 56.7 Å². The smallest absolute Gasteiger partial charge is 0.240 e. The summed E-state index contributed by atoms with van der Waals surface area (Å²) in [5, 5.41) is 14.1. The number of amides is 1. The van der Waals surface area contributed by atoms with Crippen molar-refractivity contribution in [1.29, 1.82) is 0 Å². The second kappa shape index (κ2) is 8.89. The van der Waals surface area contributed by atoms with Gasteiger partial charge in [-0.25, -0.2) is 9.37 Å². The van der Waals surface area contributed by atoms with Gasteiger partial charge < -0.3 is 15.7 Å². The molecule has 0 bridgehead atoms. The van der Waals surface area contributed by atoms with Crippen LogP contribution in [0.4, 0.5) is 4.39 Å². The Morgan fingerprint density at radius 1 is 1.12 bits per heavy atom. The zero-order valence-corrected chi connectivity index (χ0v) is 18.7. The second-order valence-electron chi connectivity index (χ2n) is 9.00. The van der Waals surface area contributed by atoms with E-state index in [0.717, 1.165) is 60.2 Å². The molecule has 1 saturated carbocycles. The summed E-state index contributed by atoms with van der Waals surface area (Å²) in [5.41, 5.74) is 8.12. The van der Waals surface area contributed by atoms with Crippen molar-refractivity contribution in [2.24, 2.45) is 11.7 Å². The van der Waals surface area contributed by atoms with Gasteiger partial charge in [-0.15, -0.1) is 11.3 Å². The van der Waals surface area contributed by atoms with E-state index < -0.39 is 6.04 Å². The average Bonchev–Trinajstić information content (AvgIpc) is 3.49. The van der Waals surface area contributed by atoms with Gasteiger partial charge in [-0.1, -0.05) is 24.3 Å². The first kappa shape index (κ1) is 21.5. The molecule has 5 rings (SSSR count). The Bertz CT molecular complexity index is 1130. The van der Waals surface area contributed by atoms with E-state index in [9.17, 15) is 14.3 Å². The number of hydrogen-bond donors (Lipinski definition) is 2. The number of hydrogen-bond acceptors (Lipinski definition) is 5. The van der Waals surface area contributed by atoms with Crippen LogP contribution in [0, 0.1) is 11.7 Å². The highest BCUT2D eigenvalue weighted by Gasteiger charge is 2.38. The van der Waals surface area contributed by atoms with Crippen LogP contribution in [0.2, 0.25) is 0 Å². The summed E-state index contributed by atoms with van der Waals surface area (Å²) in [5.74, 6) is -0.112. The number of fused-ring (bicyclic) bond motifs is 1. The monoisotopic (exact) mass is 453 g/mol. The number of halogens is 1. The van der Waals surface area contributed by atoms with Crippen LogP contribution < -0.4 is 5.73 Å². The molecule has 1 saturated heterocycles. The van der Waals surface area contributed by atoms with Gasteiger partial charge >= 0.3 is 0 Å². The molecule has 2 aliphatic rings. The highest BCUT2D eigenvalue weighted by atomic mass is 32.1. The van der Waals surface area contributed by atoms with E-state index >= 15 is 0 Å². The van der Waals surface area contributed by atoms with Crippen molar-refractivity contribution in [3.8, 4) is 11.3 Å². The molecule has 2 atom stereocenters. The van der Waals surface area contributed by atoms with Crippen LogP contribution in [-0.4, -0.2) is 39.6 Å². The first-order valence-corrected chi connectivity index (χ1v) is 12.3. The highest BCUT2D eigenvalue weighted by Crippen LogP contribution is 2.38. The van der Waals surface area contributed by atoms with Gasteiger partial charge in [0.15, 0.2) is 0 Å². The van der Waals surface area contributed by atoms with Crippen LogP contribution in [0.15, 0.2) is 41.8 Å². The lowest BCUT2D eigenvalue weighted by Crippen LogP contribution is -2.48. The molecule has 0 unspecified atom stereocenters. The van der Waals surface area contributed by atoms with Crippen molar-refractivity contribution in [3.05, 3.63) is 52.6 Å². The normalized spacial score (nSPS) is 24.7. The highest BCUT2D eigenvalue weighted by molar-refractivity contribution is 7.10. The minimum atomic E-state index is -0.524. The quantitative estimate of drug-likeness (QED) is 0.603. The van der Waals surface area contributed by atoms with E-state index in [1.54, 1.807) is 23.5 Å². The Morgan fingerprint density at radius 3 is 2.66 bits per heavy atom. The molecule has 32 heavy (non-hydrogen) atoms. The average molecular weight is 454 g/mol. The van der Waals surface area contributed by atoms with Crippen LogP contribution >= 0.6 is 11.3 Å². The SMILES string of the molecule is N[C@H](C(=O)N1CCC[C@H]1c1nc(-c2ccc(F)c3ccccc23)cs1)[C@H]1CC[C@@H](O)CC1. The van der Waals surface area contributed by atoms with Gasteiger partial charge in [0.25, 0.3) is 0 Å². The number of benzene rings is 2. The summed E-state index contributed by atoms with van der Waals surface area (Å²) in [6.45, 7) is 0.695. The lowest BCUT2D eigenvalue weighted by Gasteiger charge is -2.33. The summed E-state index contributed by atoms with van der Waals surface area (Å²) < 4.78 is 14.2. The first-order valence-electron chi connectivity index (χ1n) is 11.4. The zero-order chi connectivity index (χ0) is 22.2. The molecule has 1 aliphatic heterocycles. The molecule has 2 fully saturated rings. The number of rotatable bonds is 4. The van der Waals surface area contributed by atoms with Gasteiger partial charge in [-0.3, -0.25) is 4.79 Å². The zero-order valence-electron chi connectivity index (χ0n) is 17.9. The van der Waals surface area contributed by atoms with Crippen molar-refractivity contribution in [3.63, 3.8) is 0 Å². The molecule has 168 valence electrons. The molecule has 3 N–H and O–H groups in total. The van der Waals surface area contributed by atoms with E-state index in [1.807, 2.05) is 28.5 Å². The molecule has 0 radical (unpaired) electrons.